The van der Waals surface area contributed by atoms with Gasteiger partial charge >= 0.3 is 5.97 Å². The molecule has 0 aliphatic carbocycles. The Morgan fingerprint density at radius 2 is 1.85 bits per heavy atom. The smallest absolute Gasteiger partial charge is 0.340 e. The van der Waals surface area contributed by atoms with Gasteiger partial charge in [-0.15, -0.1) is 0 Å². The van der Waals surface area contributed by atoms with E-state index < -0.39 is 5.97 Å². The Labute approximate surface area is 118 Å². The number of anilines is 2. The highest BCUT2D eigenvalue weighted by atomic mass is 16.5. The van der Waals surface area contributed by atoms with E-state index in [0.29, 0.717) is 11.3 Å². The summed E-state index contributed by atoms with van der Waals surface area (Å²) in [6, 6.07) is 15.4. The van der Waals surface area contributed by atoms with Crippen molar-refractivity contribution >= 4 is 17.3 Å². The maximum Gasteiger partial charge on any atom is 0.340 e. The molecule has 2 aromatic carbocycles. The van der Waals surface area contributed by atoms with E-state index in [1.165, 1.54) is 12.7 Å². The highest BCUT2D eigenvalue weighted by Crippen LogP contribution is 2.27. The van der Waals surface area contributed by atoms with Crippen molar-refractivity contribution < 1.29 is 9.53 Å². The van der Waals surface area contributed by atoms with Crippen LogP contribution in [0.5, 0.6) is 0 Å². The molecule has 0 saturated carbocycles. The Kier molecular flexibility index (Phi) is 4.25. The molecule has 4 nitrogen and oxygen atoms in total. The largest absolute Gasteiger partial charge is 0.465 e. The Morgan fingerprint density at radius 3 is 2.50 bits per heavy atom. The predicted octanol–water partition coefficient (Wildman–Crippen LogP) is 2.69. The zero-order valence-electron chi connectivity index (χ0n) is 11.7. The van der Waals surface area contributed by atoms with Gasteiger partial charge in [-0.05, 0) is 17.7 Å². The molecule has 4 heteroatoms. The lowest BCUT2D eigenvalue weighted by molar-refractivity contribution is 0.0602. The Morgan fingerprint density at radius 1 is 1.15 bits per heavy atom. The Balaban J connectivity index is 2.26. The number of nitrogens with two attached hydrogens (primary N) is 1. The van der Waals surface area contributed by atoms with Crippen molar-refractivity contribution in [1.29, 1.82) is 0 Å². The lowest BCUT2D eigenvalue weighted by atomic mass is 10.1. The molecule has 2 rings (SSSR count). The minimum absolute atomic E-state index is 0.393. The molecule has 0 aromatic heterocycles. The summed E-state index contributed by atoms with van der Waals surface area (Å²) >= 11 is 0. The van der Waals surface area contributed by atoms with Crippen LogP contribution in [-0.2, 0) is 11.3 Å². The summed E-state index contributed by atoms with van der Waals surface area (Å²) in [5.41, 5.74) is 8.90. The monoisotopic (exact) mass is 270 g/mol. The lowest BCUT2D eigenvalue weighted by Gasteiger charge is -2.22. The Hall–Kier alpha value is -2.49. The summed E-state index contributed by atoms with van der Waals surface area (Å²) in [4.78, 5) is 13.7. The van der Waals surface area contributed by atoms with Crippen LogP contribution in [0.15, 0.2) is 48.5 Å². The van der Waals surface area contributed by atoms with Crippen LogP contribution in [0.25, 0.3) is 0 Å². The first kappa shape index (κ1) is 13.9. The predicted molar refractivity (Wildman–Crippen MR) is 80.7 cm³/mol. The highest BCUT2D eigenvalue weighted by Gasteiger charge is 2.15. The second-order valence-electron chi connectivity index (χ2n) is 4.57. The second-order valence-corrected chi connectivity index (χ2v) is 4.57. The molecule has 20 heavy (non-hydrogen) atoms. The van der Waals surface area contributed by atoms with Crippen molar-refractivity contribution in [3.8, 4) is 0 Å². The second kappa shape index (κ2) is 6.10. The number of para-hydroxylation sites is 1. The molecular weight excluding hydrogens is 252 g/mol. The summed E-state index contributed by atoms with van der Waals surface area (Å²) < 4.78 is 4.73. The van der Waals surface area contributed by atoms with Crippen molar-refractivity contribution in [2.75, 3.05) is 24.8 Å². The minimum atomic E-state index is -0.419. The number of hydrogen-bond donors (Lipinski definition) is 1. The van der Waals surface area contributed by atoms with Crippen LogP contribution in [-0.4, -0.2) is 20.1 Å². The topological polar surface area (TPSA) is 55.6 Å². The zero-order chi connectivity index (χ0) is 14.5. The molecule has 0 bridgehead atoms. The average Bonchev–Trinajstić information content (AvgIpc) is 2.47. The van der Waals surface area contributed by atoms with Crippen molar-refractivity contribution in [1.82, 2.24) is 0 Å². The molecule has 0 spiro atoms. The third kappa shape index (κ3) is 2.91. The number of benzene rings is 2. The number of carbonyl (C=O) groups is 1. The minimum Gasteiger partial charge on any atom is -0.465 e. The maximum atomic E-state index is 11.6. The molecule has 104 valence electrons. The summed E-state index contributed by atoms with van der Waals surface area (Å²) in [6.45, 7) is 0.718. The van der Waals surface area contributed by atoms with Crippen molar-refractivity contribution in [2.45, 2.75) is 6.54 Å². The number of rotatable bonds is 4. The van der Waals surface area contributed by atoms with E-state index in [1.54, 1.807) is 12.1 Å². The van der Waals surface area contributed by atoms with E-state index in [1.807, 2.05) is 36.2 Å². The van der Waals surface area contributed by atoms with Gasteiger partial charge in [0.1, 0.15) is 0 Å². The van der Waals surface area contributed by atoms with Crippen LogP contribution >= 0.6 is 0 Å². The van der Waals surface area contributed by atoms with Gasteiger partial charge in [0.2, 0.25) is 0 Å². The molecule has 0 aliphatic heterocycles. The molecular formula is C16H18N2O2. The molecule has 2 aromatic rings. The molecule has 2 N–H and O–H groups in total. The van der Waals surface area contributed by atoms with Crippen LogP contribution in [0.2, 0.25) is 0 Å². The van der Waals surface area contributed by atoms with E-state index in [2.05, 4.69) is 12.1 Å². The molecule has 0 aliphatic rings. The van der Waals surface area contributed by atoms with E-state index in [4.69, 9.17) is 10.5 Å². The number of hydrogen-bond acceptors (Lipinski definition) is 4. The van der Waals surface area contributed by atoms with Gasteiger partial charge in [0.05, 0.1) is 24.0 Å². The van der Waals surface area contributed by atoms with Crippen LogP contribution in [0.3, 0.4) is 0 Å². The molecule has 0 amide bonds. The molecule has 0 heterocycles. The summed E-state index contributed by atoms with van der Waals surface area (Å²) in [7, 11) is 3.29. The van der Waals surface area contributed by atoms with Gasteiger partial charge in [-0.2, -0.15) is 0 Å². The van der Waals surface area contributed by atoms with Gasteiger partial charge in [-0.3, -0.25) is 0 Å². The fourth-order valence-corrected chi connectivity index (χ4v) is 2.12. The fraction of sp³-hybridized carbons (Fsp3) is 0.188. The SMILES string of the molecule is COC(=O)c1cccc(N(C)Cc2ccccc2)c1N. The van der Waals surface area contributed by atoms with E-state index in [0.717, 1.165) is 12.2 Å². The first-order valence-electron chi connectivity index (χ1n) is 6.35. The quantitative estimate of drug-likeness (QED) is 0.685. The van der Waals surface area contributed by atoms with Crippen molar-refractivity contribution in [3.05, 3.63) is 59.7 Å². The third-order valence-corrected chi connectivity index (χ3v) is 3.16. The van der Waals surface area contributed by atoms with E-state index in [9.17, 15) is 4.79 Å². The Bertz CT molecular complexity index is 597. The summed E-state index contributed by atoms with van der Waals surface area (Å²) in [6.07, 6.45) is 0. The number of ether oxygens (including phenoxy) is 1. The first-order chi connectivity index (χ1) is 9.63. The van der Waals surface area contributed by atoms with Crippen molar-refractivity contribution in [3.63, 3.8) is 0 Å². The highest BCUT2D eigenvalue weighted by molar-refractivity contribution is 5.98. The normalized spacial score (nSPS) is 10.1. The molecule has 0 saturated heterocycles. The molecule has 0 unspecified atom stereocenters. The number of carbonyl (C=O) groups excluding carboxylic acids is 1. The van der Waals surface area contributed by atoms with Gasteiger partial charge in [0.15, 0.2) is 0 Å². The van der Waals surface area contributed by atoms with Gasteiger partial charge in [-0.1, -0.05) is 36.4 Å². The van der Waals surface area contributed by atoms with Crippen LogP contribution in [0.4, 0.5) is 11.4 Å². The van der Waals surface area contributed by atoms with Crippen LogP contribution in [0.1, 0.15) is 15.9 Å². The molecule has 0 radical (unpaired) electrons. The molecule has 0 atom stereocenters. The lowest BCUT2D eigenvalue weighted by Crippen LogP contribution is -2.19. The van der Waals surface area contributed by atoms with Gasteiger partial charge in [-0.25, -0.2) is 4.79 Å². The standard InChI is InChI=1S/C16H18N2O2/c1-18(11-12-7-4-3-5-8-12)14-10-6-9-13(15(14)17)16(19)20-2/h3-10H,11,17H2,1-2H3. The zero-order valence-corrected chi connectivity index (χ0v) is 11.7. The summed E-state index contributed by atoms with van der Waals surface area (Å²) in [5.74, 6) is -0.419. The van der Waals surface area contributed by atoms with Gasteiger partial charge in [0, 0.05) is 13.6 Å². The average molecular weight is 270 g/mol. The summed E-state index contributed by atoms with van der Waals surface area (Å²) in [5, 5.41) is 0. The third-order valence-electron chi connectivity index (χ3n) is 3.16. The van der Waals surface area contributed by atoms with Crippen LogP contribution < -0.4 is 10.6 Å². The number of nitrogens with zero attached hydrogens (tertiary/aromatic N) is 1. The van der Waals surface area contributed by atoms with Crippen molar-refractivity contribution in [2.24, 2.45) is 0 Å². The number of methoxy groups -OCH3 is 1. The fourth-order valence-electron chi connectivity index (χ4n) is 2.12. The first-order valence-corrected chi connectivity index (χ1v) is 6.35. The van der Waals surface area contributed by atoms with Crippen LogP contribution in [0, 0.1) is 0 Å². The maximum absolute atomic E-state index is 11.6. The number of nitrogen functional groups attached to an aromatic ring is 1. The number of esters is 1. The van der Waals surface area contributed by atoms with E-state index in [-0.39, 0.29) is 0 Å². The van der Waals surface area contributed by atoms with Gasteiger partial charge < -0.3 is 15.4 Å². The molecule has 0 fully saturated rings. The van der Waals surface area contributed by atoms with E-state index >= 15 is 0 Å². The van der Waals surface area contributed by atoms with Gasteiger partial charge in [0.25, 0.3) is 0 Å².